The number of aryl methyl sites for hydroxylation is 1. The Hall–Kier alpha value is -2.01. The highest BCUT2D eigenvalue weighted by Crippen LogP contribution is 2.20. The van der Waals surface area contributed by atoms with E-state index in [1.165, 1.54) is 6.07 Å². The number of nitrogens with zero attached hydrogens (tertiary/aromatic N) is 2. The largest absolute Gasteiger partial charge is 0.462 e. The van der Waals surface area contributed by atoms with Crippen LogP contribution in [0.15, 0.2) is 30.6 Å². The van der Waals surface area contributed by atoms with Crippen LogP contribution in [0.4, 0.5) is 5.69 Å². The highest BCUT2D eigenvalue weighted by molar-refractivity contribution is 6.33. The van der Waals surface area contributed by atoms with Gasteiger partial charge in [0.2, 0.25) is 0 Å². The number of carbonyl (C=O) groups excluding carboxylic acids is 1. The van der Waals surface area contributed by atoms with E-state index in [4.69, 9.17) is 22.1 Å². The molecule has 2 aromatic rings. The quantitative estimate of drug-likeness (QED) is 0.687. The number of anilines is 1. The molecular weight excluding hydrogens is 266 g/mol. The van der Waals surface area contributed by atoms with Crippen LogP contribution < -0.4 is 5.73 Å². The van der Waals surface area contributed by atoms with Crippen molar-refractivity contribution in [1.29, 1.82) is 0 Å². The lowest BCUT2D eigenvalue weighted by Crippen LogP contribution is -2.10. The summed E-state index contributed by atoms with van der Waals surface area (Å²) in [5.74, 6) is 0.444. The van der Waals surface area contributed by atoms with Crippen molar-refractivity contribution in [2.75, 3.05) is 12.3 Å². The van der Waals surface area contributed by atoms with Gasteiger partial charge in [-0.15, -0.1) is 0 Å². The number of imidazole rings is 1. The number of nitrogens with two attached hydrogens (primary N) is 1. The molecule has 2 rings (SSSR count). The minimum Gasteiger partial charge on any atom is -0.462 e. The molecule has 0 radical (unpaired) electrons. The highest BCUT2D eigenvalue weighted by Gasteiger charge is 2.09. The average Bonchev–Trinajstić information content (AvgIpc) is 2.78. The van der Waals surface area contributed by atoms with Crippen LogP contribution in [-0.2, 0) is 18.2 Å². The number of rotatable bonds is 4. The predicted molar refractivity (Wildman–Crippen MR) is 73.1 cm³/mol. The molecule has 0 saturated carbocycles. The highest BCUT2D eigenvalue weighted by atomic mass is 35.5. The molecule has 0 fully saturated rings. The van der Waals surface area contributed by atoms with Crippen molar-refractivity contribution in [3.05, 3.63) is 47.0 Å². The minimum absolute atomic E-state index is 0.270. The van der Waals surface area contributed by atoms with Gasteiger partial charge in [0.15, 0.2) is 0 Å². The second-order valence-corrected chi connectivity index (χ2v) is 4.48. The summed E-state index contributed by atoms with van der Waals surface area (Å²) in [4.78, 5) is 15.9. The van der Waals surface area contributed by atoms with E-state index >= 15 is 0 Å². The van der Waals surface area contributed by atoms with Gasteiger partial charge in [0.05, 0.1) is 22.9 Å². The van der Waals surface area contributed by atoms with Crippen LogP contribution in [0.1, 0.15) is 16.2 Å². The summed E-state index contributed by atoms with van der Waals surface area (Å²) in [6.45, 7) is 0.270. The molecule has 0 bridgehead atoms. The zero-order valence-electron chi connectivity index (χ0n) is 10.5. The van der Waals surface area contributed by atoms with Crippen molar-refractivity contribution >= 4 is 23.3 Å². The molecule has 1 aromatic carbocycles. The van der Waals surface area contributed by atoms with Crippen molar-refractivity contribution in [3.63, 3.8) is 0 Å². The lowest BCUT2D eigenvalue weighted by Gasteiger charge is -2.06. The SMILES string of the molecule is Cn1ccnc1CCOC(=O)c1ccc(N)c(Cl)c1. The molecule has 6 heteroatoms. The topological polar surface area (TPSA) is 70.1 Å². The third kappa shape index (κ3) is 3.26. The number of halogens is 1. The van der Waals surface area contributed by atoms with Gasteiger partial charge in [0.1, 0.15) is 5.82 Å². The summed E-state index contributed by atoms with van der Waals surface area (Å²) in [6, 6.07) is 4.67. The fourth-order valence-corrected chi connectivity index (χ4v) is 1.79. The first-order chi connectivity index (χ1) is 9.08. The summed E-state index contributed by atoms with van der Waals surface area (Å²) in [6.07, 6.45) is 4.12. The molecule has 0 saturated heterocycles. The Morgan fingerprint density at radius 2 is 2.32 bits per heavy atom. The van der Waals surface area contributed by atoms with Crippen LogP contribution in [0.5, 0.6) is 0 Å². The summed E-state index contributed by atoms with van der Waals surface area (Å²) >= 11 is 5.85. The Morgan fingerprint density at radius 3 is 2.95 bits per heavy atom. The summed E-state index contributed by atoms with van der Waals surface area (Å²) in [7, 11) is 1.89. The van der Waals surface area contributed by atoms with Gasteiger partial charge in [-0.25, -0.2) is 9.78 Å². The number of nitrogen functional groups attached to an aromatic ring is 1. The Balaban J connectivity index is 1.91. The molecule has 19 heavy (non-hydrogen) atoms. The second kappa shape index (κ2) is 5.75. The summed E-state index contributed by atoms with van der Waals surface area (Å²) in [5, 5.41) is 0.346. The van der Waals surface area contributed by atoms with E-state index in [9.17, 15) is 4.79 Å². The molecule has 0 amide bonds. The Bertz CT molecular complexity index is 595. The summed E-state index contributed by atoms with van der Waals surface area (Å²) < 4.78 is 7.04. The summed E-state index contributed by atoms with van der Waals surface area (Å²) in [5.41, 5.74) is 6.40. The maximum absolute atomic E-state index is 11.8. The molecular formula is C13H14ClN3O2. The first kappa shape index (κ1) is 13.4. The molecule has 0 aliphatic rings. The van der Waals surface area contributed by atoms with Crippen LogP contribution in [0, 0.1) is 0 Å². The van der Waals surface area contributed by atoms with Crippen LogP contribution in [0.25, 0.3) is 0 Å². The second-order valence-electron chi connectivity index (χ2n) is 4.08. The van der Waals surface area contributed by atoms with Gasteiger partial charge in [0.25, 0.3) is 0 Å². The van der Waals surface area contributed by atoms with E-state index in [1.54, 1.807) is 18.3 Å². The predicted octanol–water partition coefficient (Wildman–Crippen LogP) is 2.06. The molecule has 0 unspecified atom stereocenters. The first-order valence-corrected chi connectivity index (χ1v) is 6.14. The van der Waals surface area contributed by atoms with E-state index < -0.39 is 5.97 Å². The average molecular weight is 280 g/mol. The van der Waals surface area contributed by atoms with Gasteiger partial charge in [-0.3, -0.25) is 0 Å². The maximum atomic E-state index is 11.8. The number of aromatic nitrogens is 2. The Morgan fingerprint density at radius 1 is 1.53 bits per heavy atom. The zero-order chi connectivity index (χ0) is 13.8. The first-order valence-electron chi connectivity index (χ1n) is 5.76. The molecule has 0 aliphatic carbocycles. The van der Waals surface area contributed by atoms with Crippen molar-refractivity contribution in [2.45, 2.75) is 6.42 Å². The van der Waals surface area contributed by atoms with Crippen LogP contribution in [-0.4, -0.2) is 22.1 Å². The number of hydrogen-bond donors (Lipinski definition) is 1. The lowest BCUT2D eigenvalue weighted by molar-refractivity contribution is 0.0507. The Labute approximate surface area is 116 Å². The van der Waals surface area contributed by atoms with E-state index in [0.29, 0.717) is 22.7 Å². The smallest absolute Gasteiger partial charge is 0.338 e. The molecule has 5 nitrogen and oxygen atoms in total. The maximum Gasteiger partial charge on any atom is 0.338 e. The molecule has 1 heterocycles. The third-order valence-electron chi connectivity index (χ3n) is 2.72. The normalized spacial score (nSPS) is 10.4. The van der Waals surface area contributed by atoms with Gasteiger partial charge in [0, 0.05) is 25.9 Å². The van der Waals surface area contributed by atoms with Crippen molar-refractivity contribution in [1.82, 2.24) is 9.55 Å². The Kier molecular flexibility index (Phi) is 4.06. The van der Waals surface area contributed by atoms with E-state index in [0.717, 1.165) is 5.82 Å². The van der Waals surface area contributed by atoms with Gasteiger partial charge >= 0.3 is 5.97 Å². The van der Waals surface area contributed by atoms with Gasteiger partial charge < -0.3 is 15.0 Å². The van der Waals surface area contributed by atoms with Crippen LogP contribution >= 0.6 is 11.6 Å². The number of carbonyl (C=O) groups is 1. The van der Waals surface area contributed by atoms with Gasteiger partial charge in [-0.2, -0.15) is 0 Å². The standard InChI is InChI=1S/C13H14ClN3O2/c1-17-6-5-16-12(17)4-7-19-13(18)9-2-3-11(15)10(14)8-9/h2-3,5-6,8H,4,7,15H2,1H3. The third-order valence-corrected chi connectivity index (χ3v) is 3.04. The molecule has 1 aromatic heterocycles. The monoisotopic (exact) mass is 279 g/mol. The van der Waals surface area contributed by atoms with Crippen LogP contribution in [0.3, 0.4) is 0 Å². The van der Waals surface area contributed by atoms with Crippen LogP contribution in [0.2, 0.25) is 5.02 Å². The van der Waals surface area contributed by atoms with Gasteiger partial charge in [-0.05, 0) is 18.2 Å². The molecule has 2 N–H and O–H groups in total. The number of hydrogen-bond acceptors (Lipinski definition) is 4. The van der Waals surface area contributed by atoms with E-state index in [2.05, 4.69) is 4.98 Å². The number of ether oxygens (including phenoxy) is 1. The van der Waals surface area contributed by atoms with E-state index in [-0.39, 0.29) is 6.61 Å². The molecule has 0 aliphatic heterocycles. The number of esters is 1. The minimum atomic E-state index is -0.420. The van der Waals surface area contributed by atoms with Crippen molar-refractivity contribution in [2.24, 2.45) is 7.05 Å². The number of benzene rings is 1. The van der Waals surface area contributed by atoms with Gasteiger partial charge in [-0.1, -0.05) is 11.6 Å². The van der Waals surface area contributed by atoms with Crippen molar-refractivity contribution < 1.29 is 9.53 Å². The molecule has 0 atom stereocenters. The van der Waals surface area contributed by atoms with E-state index in [1.807, 2.05) is 17.8 Å². The van der Waals surface area contributed by atoms with Crippen molar-refractivity contribution in [3.8, 4) is 0 Å². The fourth-order valence-electron chi connectivity index (χ4n) is 1.61. The lowest BCUT2D eigenvalue weighted by atomic mass is 10.2. The molecule has 100 valence electrons. The fraction of sp³-hybridized carbons (Fsp3) is 0.231. The zero-order valence-corrected chi connectivity index (χ0v) is 11.2. The molecule has 0 spiro atoms.